The van der Waals surface area contributed by atoms with E-state index in [-0.39, 0.29) is 27.7 Å². The Morgan fingerprint density at radius 1 is 1.10 bits per heavy atom. The SMILES string of the molecule is CC(C)(C)c1ccccc1Oc1ncccc1Nc1nc(C(F)(F)F)c(CCO)s1. The quantitative estimate of drug-likeness (QED) is 0.501. The summed E-state index contributed by atoms with van der Waals surface area (Å²) in [6, 6.07) is 10.9. The summed E-state index contributed by atoms with van der Waals surface area (Å²) in [5, 5.41) is 12.0. The van der Waals surface area contributed by atoms with Gasteiger partial charge in [0.15, 0.2) is 10.8 Å². The maximum atomic E-state index is 13.2. The van der Waals surface area contributed by atoms with Crippen LogP contribution in [0.2, 0.25) is 0 Å². The third kappa shape index (κ3) is 5.09. The molecule has 0 aliphatic carbocycles. The monoisotopic (exact) mass is 437 g/mol. The van der Waals surface area contributed by atoms with Crippen molar-refractivity contribution >= 4 is 22.2 Å². The lowest BCUT2D eigenvalue weighted by Crippen LogP contribution is -2.12. The fourth-order valence-electron chi connectivity index (χ4n) is 2.86. The van der Waals surface area contributed by atoms with Crippen molar-refractivity contribution in [3.63, 3.8) is 0 Å². The summed E-state index contributed by atoms with van der Waals surface area (Å²) in [5.41, 5.74) is 0.197. The molecule has 0 aliphatic rings. The van der Waals surface area contributed by atoms with Gasteiger partial charge in [-0.2, -0.15) is 13.2 Å². The second kappa shape index (κ2) is 8.61. The molecule has 1 aromatic carbocycles. The van der Waals surface area contributed by atoms with E-state index in [9.17, 15) is 13.2 Å². The molecular weight excluding hydrogens is 415 g/mol. The molecule has 2 aromatic heterocycles. The Kier molecular flexibility index (Phi) is 6.33. The molecule has 0 unspecified atom stereocenters. The summed E-state index contributed by atoms with van der Waals surface area (Å²) < 4.78 is 45.8. The highest BCUT2D eigenvalue weighted by atomic mass is 32.1. The van der Waals surface area contributed by atoms with Gasteiger partial charge in [0.05, 0.1) is 0 Å². The molecule has 3 rings (SSSR count). The summed E-state index contributed by atoms with van der Waals surface area (Å²) >= 11 is 0.843. The van der Waals surface area contributed by atoms with Crippen LogP contribution in [0.4, 0.5) is 24.0 Å². The van der Waals surface area contributed by atoms with E-state index in [0.717, 1.165) is 16.9 Å². The molecule has 2 heterocycles. The van der Waals surface area contributed by atoms with E-state index < -0.39 is 18.5 Å². The number of ether oxygens (including phenoxy) is 1. The number of anilines is 2. The summed E-state index contributed by atoms with van der Waals surface area (Å²) in [6.45, 7) is 5.78. The topological polar surface area (TPSA) is 67.3 Å². The van der Waals surface area contributed by atoms with E-state index in [1.807, 2.05) is 24.3 Å². The fourth-order valence-corrected chi connectivity index (χ4v) is 3.84. The molecule has 30 heavy (non-hydrogen) atoms. The molecule has 0 bridgehead atoms. The first-order valence-electron chi connectivity index (χ1n) is 9.26. The number of nitrogens with zero attached hydrogens (tertiary/aromatic N) is 2. The third-order valence-corrected chi connectivity index (χ3v) is 5.25. The number of aromatic nitrogens is 2. The van der Waals surface area contributed by atoms with Gasteiger partial charge in [0, 0.05) is 29.7 Å². The van der Waals surface area contributed by atoms with Gasteiger partial charge in [-0.15, -0.1) is 11.3 Å². The second-order valence-corrected chi connectivity index (χ2v) is 8.68. The van der Waals surface area contributed by atoms with Crippen molar-refractivity contribution in [1.29, 1.82) is 0 Å². The van der Waals surface area contributed by atoms with Crippen LogP contribution in [0.15, 0.2) is 42.6 Å². The number of thiazole rings is 1. The zero-order valence-corrected chi connectivity index (χ0v) is 17.6. The lowest BCUT2D eigenvalue weighted by molar-refractivity contribution is -0.141. The number of hydrogen-bond donors (Lipinski definition) is 2. The van der Waals surface area contributed by atoms with Crippen LogP contribution in [-0.4, -0.2) is 21.7 Å². The van der Waals surface area contributed by atoms with Crippen LogP contribution in [0.25, 0.3) is 0 Å². The van der Waals surface area contributed by atoms with Crippen molar-refractivity contribution in [2.75, 3.05) is 11.9 Å². The van der Waals surface area contributed by atoms with Crippen LogP contribution in [0.3, 0.4) is 0 Å². The van der Waals surface area contributed by atoms with Crippen LogP contribution >= 0.6 is 11.3 Å². The highest BCUT2D eigenvalue weighted by molar-refractivity contribution is 7.15. The van der Waals surface area contributed by atoms with Crippen LogP contribution in [0.1, 0.15) is 36.9 Å². The Labute approximate surface area is 176 Å². The van der Waals surface area contributed by atoms with Gasteiger partial charge < -0.3 is 15.2 Å². The Morgan fingerprint density at radius 2 is 1.83 bits per heavy atom. The van der Waals surface area contributed by atoms with E-state index in [0.29, 0.717) is 11.4 Å². The van der Waals surface area contributed by atoms with E-state index in [2.05, 4.69) is 36.1 Å². The Morgan fingerprint density at radius 3 is 2.50 bits per heavy atom. The molecule has 5 nitrogen and oxygen atoms in total. The fraction of sp³-hybridized carbons (Fsp3) is 0.333. The number of halogens is 3. The maximum Gasteiger partial charge on any atom is 0.434 e. The highest BCUT2D eigenvalue weighted by Gasteiger charge is 2.37. The largest absolute Gasteiger partial charge is 0.437 e. The molecule has 0 amide bonds. The number of para-hydroxylation sites is 1. The average molecular weight is 437 g/mol. The van der Waals surface area contributed by atoms with E-state index in [1.165, 1.54) is 0 Å². The van der Waals surface area contributed by atoms with Gasteiger partial charge in [0.2, 0.25) is 5.88 Å². The first-order valence-corrected chi connectivity index (χ1v) is 10.1. The number of aliphatic hydroxyl groups is 1. The predicted molar refractivity (Wildman–Crippen MR) is 111 cm³/mol. The smallest absolute Gasteiger partial charge is 0.434 e. The van der Waals surface area contributed by atoms with Crippen molar-refractivity contribution in [3.05, 3.63) is 58.7 Å². The zero-order valence-electron chi connectivity index (χ0n) is 16.7. The molecule has 0 saturated carbocycles. The minimum absolute atomic E-state index is 0.0306. The first kappa shape index (κ1) is 22.0. The minimum atomic E-state index is -4.60. The van der Waals surface area contributed by atoms with Crippen molar-refractivity contribution < 1.29 is 23.0 Å². The Hall–Kier alpha value is -2.65. The van der Waals surface area contributed by atoms with Gasteiger partial charge in [-0.3, -0.25) is 0 Å². The Bertz CT molecular complexity index is 1010. The van der Waals surface area contributed by atoms with Crippen LogP contribution in [0.5, 0.6) is 11.6 Å². The molecule has 0 spiro atoms. The summed E-state index contributed by atoms with van der Waals surface area (Å²) in [7, 11) is 0. The maximum absolute atomic E-state index is 13.2. The molecule has 0 radical (unpaired) electrons. The molecule has 0 fully saturated rings. The van der Waals surface area contributed by atoms with Gasteiger partial charge in [-0.1, -0.05) is 39.0 Å². The number of nitrogens with one attached hydrogen (secondary N) is 1. The van der Waals surface area contributed by atoms with E-state index in [4.69, 9.17) is 9.84 Å². The van der Waals surface area contributed by atoms with Crippen molar-refractivity contribution in [1.82, 2.24) is 9.97 Å². The zero-order chi connectivity index (χ0) is 21.9. The van der Waals surface area contributed by atoms with E-state index in [1.54, 1.807) is 18.3 Å². The van der Waals surface area contributed by atoms with Crippen LogP contribution < -0.4 is 10.1 Å². The summed E-state index contributed by atoms with van der Waals surface area (Å²) in [6.07, 6.45) is -3.18. The predicted octanol–water partition coefficient (Wildman–Crippen LogP) is 5.93. The van der Waals surface area contributed by atoms with Crippen molar-refractivity contribution in [2.24, 2.45) is 0 Å². The van der Waals surface area contributed by atoms with Crippen molar-refractivity contribution in [2.45, 2.75) is 38.8 Å². The first-order chi connectivity index (χ1) is 14.1. The van der Waals surface area contributed by atoms with Crippen molar-refractivity contribution in [3.8, 4) is 11.6 Å². The number of rotatable bonds is 6. The molecule has 0 atom stereocenters. The number of hydrogen-bond acceptors (Lipinski definition) is 6. The highest BCUT2D eigenvalue weighted by Crippen LogP contribution is 2.39. The average Bonchev–Trinajstić information content (AvgIpc) is 3.06. The summed E-state index contributed by atoms with van der Waals surface area (Å²) in [5.74, 6) is 0.838. The van der Waals surface area contributed by atoms with Gasteiger partial charge in [-0.05, 0) is 23.6 Å². The molecule has 0 aliphatic heterocycles. The van der Waals surface area contributed by atoms with Crippen LogP contribution in [0, 0.1) is 0 Å². The standard InChI is InChI=1S/C21H22F3N3O2S/c1-20(2,3)13-7-4-5-9-15(13)29-18-14(8-6-11-25-18)26-19-27-17(21(22,23)24)16(30-19)10-12-28/h4-9,11,28H,10,12H2,1-3H3,(H,26,27). The van der Waals surface area contributed by atoms with Gasteiger partial charge in [0.25, 0.3) is 0 Å². The number of alkyl halides is 3. The number of benzene rings is 1. The second-order valence-electron chi connectivity index (χ2n) is 7.59. The molecule has 160 valence electrons. The third-order valence-electron chi connectivity index (χ3n) is 4.22. The molecule has 3 aromatic rings. The lowest BCUT2D eigenvalue weighted by atomic mass is 9.86. The van der Waals surface area contributed by atoms with Crippen LogP contribution in [-0.2, 0) is 18.0 Å². The van der Waals surface area contributed by atoms with Gasteiger partial charge >= 0.3 is 6.18 Å². The normalized spacial score (nSPS) is 12.1. The Balaban J connectivity index is 1.93. The minimum Gasteiger partial charge on any atom is -0.437 e. The van der Waals surface area contributed by atoms with E-state index >= 15 is 0 Å². The molecule has 2 N–H and O–H groups in total. The summed E-state index contributed by atoms with van der Waals surface area (Å²) in [4.78, 5) is 7.90. The number of pyridine rings is 1. The molecule has 0 saturated heterocycles. The van der Waals surface area contributed by atoms with Gasteiger partial charge in [-0.25, -0.2) is 9.97 Å². The molecular formula is C21H22F3N3O2S. The number of aliphatic hydroxyl groups excluding tert-OH is 1. The molecule has 9 heteroatoms. The lowest BCUT2D eigenvalue weighted by Gasteiger charge is -2.22. The van der Waals surface area contributed by atoms with Gasteiger partial charge in [0.1, 0.15) is 11.4 Å².